The SMILES string of the molecule is NS(=O)(=O)c1ccc2c(c1)NC(=O)C(c1ccccc1)N2C(=O)Cc1cccc2ccccc12. The Bertz CT molecular complexity index is 1530. The maximum Gasteiger partial charge on any atom is 0.252 e. The van der Waals surface area contributed by atoms with Crippen molar-refractivity contribution in [2.45, 2.75) is 17.4 Å². The third kappa shape index (κ3) is 3.93. The van der Waals surface area contributed by atoms with E-state index < -0.39 is 22.0 Å². The van der Waals surface area contributed by atoms with Gasteiger partial charge in [0, 0.05) is 0 Å². The minimum atomic E-state index is -3.98. The fourth-order valence-electron chi connectivity index (χ4n) is 4.37. The van der Waals surface area contributed by atoms with Crippen LogP contribution in [0.3, 0.4) is 0 Å². The van der Waals surface area contributed by atoms with Crippen LogP contribution in [0, 0.1) is 0 Å². The molecule has 8 heteroatoms. The van der Waals surface area contributed by atoms with Crippen molar-refractivity contribution < 1.29 is 18.0 Å². The van der Waals surface area contributed by atoms with E-state index in [2.05, 4.69) is 5.32 Å². The molecule has 0 fully saturated rings. The van der Waals surface area contributed by atoms with Crippen LogP contribution in [0.1, 0.15) is 17.2 Å². The smallest absolute Gasteiger partial charge is 0.252 e. The number of carbonyl (C=O) groups excluding carboxylic acids is 2. The monoisotopic (exact) mass is 471 g/mol. The number of nitrogens with one attached hydrogen (secondary N) is 1. The lowest BCUT2D eigenvalue weighted by molar-refractivity contribution is -0.123. The van der Waals surface area contributed by atoms with E-state index >= 15 is 0 Å². The second-order valence-electron chi connectivity index (χ2n) is 8.11. The summed E-state index contributed by atoms with van der Waals surface area (Å²) >= 11 is 0. The quantitative estimate of drug-likeness (QED) is 0.472. The Labute approximate surface area is 196 Å². The van der Waals surface area contributed by atoms with Crippen molar-refractivity contribution in [1.82, 2.24) is 0 Å². The minimum absolute atomic E-state index is 0.0638. The second-order valence-corrected chi connectivity index (χ2v) is 9.67. The highest BCUT2D eigenvalue weighted by Gasteiger charge is 2.38. The third-order valence-electron chi connectivity index (χ3n) is 5.93. The predicted octanol–water partition coefficient (Wildman–Crippen LogP) is 3.76. The van der Waals surface area contributed by atoms with Gasteiger partial charge in [-0.1, -0.05) is 72.8 Å². The summed E-state index contributed by atoms with van der Waals surface area (Å²) in [5.74, 6) is -0.721. The van der Waals surface area contributed by atoms with Gasteiger partial charge in [0.1, 0.15) is 6.04 Å². The zero-order valence-electron chi connectivity index (χ0n) is 18.0. The number of sulfonamides is 1. The van der Waals surface area contributed by atoms with Crippen molar-refractivity contribution in [2.24, 2.45) is 5.14 Å². The molecule has 170 valence electrons. The number of carbonyl (C=O) groups is 2. The molecule has 1 unspecified atom stereocenters. The normalized spacial score (nSPS) is 15.6. The molecule has 34 heavy (non-hydrogen) atoms. The first kappa shape index (κ1) is 21.8. The summed E-state index contributed by atoms with van der Waals surface area (Å²) in [6.45, 7) is 0. The van der Waals surface area contributed by atoms with Crippen LogP contribution in [0.15, 0.2) is 95.9 Å². The lowest BCUT2D eigenvalue weighted by Crippen LogP contribution is -2.45. The van der Waals surface area contributed by atoms with Crippen LogP contribution in [-0.2, 0) is 26.0 Å². The Hall–Kier alpha value is -4.01. The molecule has 0 spiro atoms. The van der Waals surface area contributed by atoms with E-state index in [-0.39, 0.29) is 22.9 Å². The van der Waals surface area contributed by atoms with Gasteiger partial charge in [-0.25, -0.2) is 13.6 Å². The largest absolute Gasteiger partial charge is 0.322 e. The number of nitrogens with two attached hydrogens (primary N) is 1. The Morgan fingerprint density at radius 1 is 0.912 bits per heavy atom. The maximum atomic E-state index is 13.8. The summed E-state index contributed by atoms with van der Waals surface area (Å²) in [7, 11) is -3.98. The van der Waals surface area contributed by atoms with Gasteiger partial charge in [-0.15, -0.1) is 0 Å². The molecule has 5 rings (SSSR count). The van der Waals surface area contributed by atoms with E-state index in [1.165, 1.54) is 23.1 Å². The van der Waals surface area contributed by atoms with Crippen LogP contribution in [0.25, 0.3) is 10.8 Å². The summed E-state index contributed by atoms with van der Waals surface area (Å²) in [6.07, 6.45) is 0.0638. The number of anilines is 2. The molecular formula is C26H21N3O4S. The van der Waals surface area contributed by atoms with Crippen LogP contribution in [0.5, 0.6) is 0 Å². The standard InChI is InChI=1S/C26H21N3O4S/c27-34(32,33)20-13-14-23-22(16-20)28-26(31)25(18-8-2-1-3-9-18)29(23)24(30)15-19-11-6-10-17-7-4-5-12-21(17)19/h1-14,16,25H,15H2,(H,28,31)(H2,27,32,33). The van der Waals surface area contributed by atoms with Gasteiger partial charge in [0.05, 0.1) is 22.7 Å². The number of rotatable bonds is 4. The predicted molar refractivity (Wildman–Crippen MR) is 131 cm³/mol. The molecule has 0 saturated heterocycles. The Morgan fingerprint density at radius 2 is 1.62 bits per heavy atom. The van der Waals surface area contributed by atoms with Gasteiger partial charge in [-0.2, -0.15) is 0 Å². The zero-order valence-corrected chi connectivity index (χ0v) is 18.8. The Kier molecular flexibility index (Phi) is 5.39. The van der Waals surface area contributed by atoms with E-state index in [0.717, 1.165) is 16.3 Å². The van der Waals surface area contributed by atoms with Crippen molar-refractivity contribution in [3.8, 4) is 0 Å². The molecule has 0 bridgehead atoms. The van der Waals surface area contributed by atoms with Crippen LogP contribution in [0.4, 0.5) is 11.4 Å². The van der Waals surface area contributed by atoms with E-state index in [0.29, 0.717) is 11.3 Å². The summed E-state index contributed by atoms with van der Waals surface area (Å²) in [4.78, 5) is 28.3. The lowest BCUT2D eigenvalue weighted by atomic mass is 9.97. The number of hydrogen-bond acceptors (Lipinski definition) is 4. The molecule has 1 aliphatic heterocycles. The molecule has 7 nitrogen and oxygen atoms in total. The number of hydrogen-bond donors (Lipinski definition) is 2. The fraction of sp³-hybridized carbons (Fsp3) is 0.0769. The van der Waals surface area contributed by atoms with E-state index in [4.69, 9.17) is 5.14 Å². The first-order valence-corrected chi connectivity index (χ1v) is 12.2. The van der Waals surface area contributed by atoms with Gasteiger partial charge in [0.2, 0.25) is 15.9 Å². The molecule has 0 radical (unpaired) electrons. The summed E-state index contributed by atoms with van der Waals surface area (Å²) < 4.78 is 23.7. The van der Waals surface area contributed by atoms with Crippen LogP contribution in [-0.4, -0.2) is 20.2 Å². The van der Waals surface area contributed by atoms with Crippen molar-refractivity contribution in [3.63, 3.8) is 0 Å². The molecule has 2 amide bonds. The fourth-order valence-corrected chi connectivity index (χ4v) is 4.91. The summed E-state index contributed by atoms with van der Waals surface area (Å²) in [5, 5.41) is 9.99. The van der Waals surface area contributed by atoms with Gasteiger partial charge in [0.25, 0.3) is 5.91 Å². The molecule has 4 aromatic rings. The molecule has 4 aromatic carbocycles. The minimum Gasteiger partial charge on any atom is -0.322 e. The number of nitrogens with zero attached hydrogens (tertiary/aromatic N) is 1. The topological polar surface area (TPSA) is 110 Å². The summed E-state index contributed by atoms with van der Waals surface area (Å²) in [6, 6.07) is 25.8. The van der Waals surface area contributed by atoms with Crippen molar-refractivity contribution >= 4 is 44.0 Å². The van der Waals surface area contributed by atoms with Crippen molar-refractivity contribution in [2.75, 3.05) is 10.2 Å². The zero-order chi connectivity index (χ0) is 23.9. The average Bonchev–Trinajstić information content (AvgIpc) is 2.83. The molecule has 0 aliphatic carbocycles. The molecule has 0 saturated carbocycles. The highest BCUT2D eigenvalue weighted by Crippen LogP contribution is 2.40. The van der Waals surface area contributed by atoms with Crippen molar-refractivity contribution in [1.29, 1.82) is 0 Å². The first-order chi connectivity index (χ1) is 16.3. The summed E-state index contributed by atoms with van der Waals surface area (Å²) in [5.41, 5.74) is 2.11. The van der Waals surface area contributed by atoms with Crippen LogP contribution < -0.4 is 15.4 Å². The number of primary sulfonamides is 1. The first-order valence-electron chi connectivity index (χ1n) is 10.6. The van der Waals surface area contributed by atoms with Crippen molar-refractivity contribution in [3.05, 3.63) is 102 Å². The van der Waals surface area contributed by atoms with E-state index in [1.54, 1.807) is 24.3 Å². The average molecular weight is 472 g/mol. The number of benzene rings is 4. The Balaban J connectivity index is 1.63. The molecule has 1 heterocycles. The second kappa shape index (κ2) is 8.40. The van der Waals surface area contributed by atoms with Gasteiger partial charge in [-0.3, -0.25) is 14.5 Å². The lowest BCUT2D eigenvalue weighted by Gasteiger charge is -2.37. The molecule has 3 N–H and O–H groups in total. The van der Waals surface area contributed by atoms with Crippen LogP contribution in [0.2, 0.25) is 0 Å². The highest BCUT2D eigenvalue weighted by atomic mass is 32.2. The van der Waals surface area contributed by atoms with Gasteiger partial charge in [-0.05, 0) is 40.1 Å². The molecular weight excluding hydrogens is 450 g/mol. The van der Waals surface area contributed by atoms with E-state index in [9.17, 15) is 18.0 Å². The van der Waals surface area contributed by atoms with Gasteiger partial charge < -0.3 is 5.32 Å². The molecule has 1 atom stereocenters. The van der Waals surface area contributed by atoms with Gasteiger partial charge >= 0.3 is 0 Å². The Morgan fingerprint density at radius 3 is 2.38 bits per heavy atom. The van der Waals surface area contributed by atoms with Gasteiger partial charge in [0.15, 0.2) is 0 Å². The van der Waals surface area contributed by atoms with Crippen LogP contribution >= 0.6 is 0 Å². The number of amides is 2. The third-order valence-corrected chi connectivity index (χ3v) is 6.84. The van der Waals surface area contributed by atoms with E-state index in [1.807, 2.05) is 48.5 Å². The molecule has 0 aromatic heterocycles. The highest BCUT2D eigenvalue weighted by molar-refractivity contribution is 7.89. The number of fused-ring (bicyclic) bond motifs is 2. The molecule has 1 aliphatic rings. The maximum absolute atomic E-state index is 13.8.